The van der Waals surface area contributed by atoms with Crippen molar-refractivity contribution in [2.45, 2.75) is 33.2 Å². The van der Waals surface area contributed by atoms with E-state index in [9.17, 15) is 9.59 Å². The lowest BCUT2D eigenvalue weighted by Crippen LogP contribution is -2.54. The summed E-state index contributed by atoms with van der Waals surface area (Å²) in [6.07, 6.45) is 0.431. The summed E-state index contributed by atoms with van der Waals surface area (Å²) in [7, 11) is 1.41. The minimum atomic E-state index is -0.168. The maximum atomic E-state index is 12.1. The van der Waals surface area contributed by atoms with Crippen LogP contribution in [0.15, 0.2) is 0 Å². The normalized spacial score (nSPS) is 18.5. The molecule has 0 spiro atoms. The largest absolute Gasteiger partial charge is 0.469 e. The van der Waals surface area contributed by atoms with E-state index in [1.165, 1.54) is 7.11 Å². The third-order valence-corrected chi connectivity index (χ3v) is 3.88. The molecule has 6 nitrogen and oxygen atoms in total. The molecule has 1 rings (SSSR count). The van der Waals surface area contributed by atoms with Gasteiger partial charge in [-0.05, 0) is 12.8 Å². The average Bonchev–Trinajstić information content (AvgIpc) is 2.49. The van der Waals surface area contributed by atoms with Crippen molar-refractivity contribution in [3.05, 3.63) is 0 Å². The monoisotopic (exact) mass is 299 g/mol. The standard InChI is InChI=1S/C15H29N3O3/c1-12(2)11-16-15(20)13(3)18-9-7-17(8-10-18)6-5-14(19)21-4/h12-13H,5-11H2,1-4H3,(H,16,20). The number of esters is 1. The molecule has 0 saturated carbocycles. The number of hydrogen-bond donors (Lipinski definition) is 1. The van der Waals surface area contributed by atoms with E-state index in [0.29, 0.717) is 12.3 Å². The van der Waals surface area contributed by atoms with E-state index >= 15 is 0 Å². The number of nitrogens with one attached hydrogen (secondary N) is 1. The number of rotatable bonds is 7. The molecule has 1 saturated heterocycles. The highest BCUT2D eigenvalue weighted by Gasteiger charge is 2.25. The number of piperazine rings is 1. The van der Waals surface area contributed by atoms with Gasteiger partial charge in [-0.3, -0.25) is 14.5 Å². The van der Waals surface area contributed by atoms with E-state index in [4.69, 9.17) is 0 Å². The molecule has 21 heavy (non-hydrogen) atoms. The Balaban J connectivity index is 2.28. The van der Waals surface area contributed by atoms with Crippen LogP contribution in [0.1, 0.15) is 27.2 Å². The van der Waals surface area contributed by atoms with E-state index in [2.05, 4.69) is 33.7 Å². The van der Waals surface area contributed by atoms with E-state index in [0.717, 1.165) is 39.3 Å². The summed E-state index contributed by atoms with van der Waals surface area (Å²) in [5, 5.41) is 2.98. The summed E-state index contributed by atoms with van der Waals surface area (Å²) in [6, 6.07) is -0.0912. The second-order valence-corrected chi connectivity index (χ2v) is 6.02. The maximum Gasteiger partial charge on any atom is 0.306 e. The summed E-state index contributed by atoms with van der Waals surface area (Å²) < 4.78 is 4.65. The van der Waals surface area contributed by atoms with Crippen molar-refractivity contribution >= 4 is 11.9 Å². The highest BCUT2D eigenvalue weighted by molar-refractivity contribution is 5.81. The number of amides is 1. The van der Waals surface area contributed by atoms with Gasteiger partial charge in [-0.2, -0.15) is 0 Å². The van der Waals surface area contributed by atoms with E-state index < -0.39 is 0 Å². The third kappa shape index (κ3) is 6.44. The molecule has 1 N–H and O–H groups in total. The molecule has 1 amide bonds. The summed E-state index contributed by atoms with van der Waals surface area (Å²) in [4.78, 5) is 27.6. The second-order valence-electron chi connectivity index (χ2n) is 6.02. The highest BCUT2D eigenvalue weighted by atomic mass is 16.5. The topological polar surface area (TPSA) is 61.9 Å². The van der Waals surface area contributed by atoms with Gasteiger partial charge in [0.15, 0.2) is 0 Å². The lowest BCUT2D eigenvalue weighted by atomic mass is 10.2. The molecule has 0 bridgehead atoms. The Morgan fingerprint density at radius 2 is 1.76 bits per heavy atom. The smallest absolute Gasteiger partial charge is 0.306 e. The van der Waals surface area contributed by atoms with Crippen LogP contribution in [0.2, 0.25) is 0 Å². The molecule has 1 fully saturated rings. The van der Waals surface area contributed by atoms with Crippen LogP contribution in [0.4, 0.5) is 0 Å². The van der Waals surface area contributed by atoms with Gasteiger partial charge in [-0.15, -0.1) is 0 Å². The zero-order valence-corrected chi connectivity index (χ0v) is 13.7. The molecule has 0 aromatic rings. The lowest BCUT2D eigenvalue weighted by Gasteiger charge is -2.37. The molecule has 1 atom stereocenters. The Hall–Kier alpha value is -1.14. The minimum absolute atomic E-state index is 0.0912. The zero-order valence-electron chi connectivity index (χ0n) is 13.7. The molecular weight excluding hydrogens is 270 g/mol. The first-order valence-electron chi connectivity index (χ1n) is 7.75. The molecule has 0 aromatic carbocycles. The van der Waals surface area contributed by atoms with Gasteiger partial charge < -0.3 is 15.0 Å². The molecule has 0 aromatic heterocycles. The first-order valence-corrected chi connectivity index (χ1v) is 7.75. The molecule has 1 heterocycles. The van der Waals surface area contributed by atoms with E-state index in [-0.39, 0.29) is 17.9 Å². The van der Waals surface area contributed by atoms with Gasteiger partial charge in [0, 0.05) is 39.3 Å². The fraction of sp³-hybridized carbons (Fsp3) is 0.867. The molecule has 1 aliphatic rings. The fourth-order valence-electron chi connectivity index (χ4n) is 2.34. The third-order valence-electron chi connectivity index (χ3n) is 3.88. The predicted molar refractivity (Wildman–Crippen MR) is 82.0 cm³/mol. The van der Waals surface area contributed by atoms with Crippen molar-refractivity contribution in [1.82, 2.24) is 15.1 Å². The Morgan fingerprint density at radius 3 is 2.29 bits per heavy atom. The van der Waals surface area contributed by atoms with Crippen molar-refractivity contribution < 1.29 is 14.3 Å². The summed E-state index contributed by atoms with van der Waals surface area (Å²) in [5.41, 5.74) is 0. The molecule has 0 radical (unpaired) electrons. The van der Waals surface area contributed by atoms with Gasteiger partial charge in [0.2, 0.25) is 5.91 Å². The Bertz CT molecular complexity index is 339. The summed E-state index contributed by atoms with van der Waals surface area (Å²) in [6.45, 7) is 11.1. The van der Waals surface area contributed by atoms with Gasteiger partial charge in [-0.25, -0.2) is 0 Å². The molecule has 6 heteroatoms. The Kier molecular flexibility index (Phi) is 7.67. The van der Waals surface area contributed by atoms with E-state index in [1.54, 1.807) is 0 Å². The Labute approximate surface area is 127 Å². The SMILES string of the molecule is COC(=O)CCN1CCN(C(C)C(=O)NCC(C)C)CC1. The maximum absolute atomic E-state index is 12.1. The summed E-state index contributed by atoms with van der Waals surface area (Å²) >= 11 is 0. The van der Waals surface area contributed by atoms with Crippen LogP contribution in [0, 0.1) is 5.92 Å². The molecular formula is C15H29N3O3. The first kappa shape index (κ1) is 17.9. The van der Waals surface area contributed by atoms with Gasteiger partial charge in [0.05, 0.1) is 19.6 Å². The number of carbonyl (C=O) groups is 2. The number of nitrogens with zero attached hydrogens (tertiary/aromatic N) is 2. The van der Waals surface area contributed by atoms with Crippen LogP contribution in [0.25, 0.3) is 0 Å². The quantitative estimate of drug-likeness (QED) is 0.686. The minimum Gasteiger partial charge on any atom is -0.469 e. The van der Waals surface area contributed by atoms with Crippen LogP contribution >= 0.6 is 0 Å². The van der Waals surface area contributed by atoms with Gasteiger partial charge in [-0.1, -0.05) is 13.8 Å². The number of methoxy groups -OCH3 is 1. The van der Waals surface area contributed by atoms with Crippen molar-refractivity contribution in [2.24, 2.45) is 5.92 Å². The van der Waals surface area contributed by atoms with Crippen LogP contribution in [-0.4, -0.2) is 74.1 Å². The van der Waals surface area contributed by atoms with Crippen LogP contribution in [0.5, 0.6) is 0 Å². The van der Waals surface area contributed by atoms with Crippen LogP contribution in [-0.2, 0) is 14.3 Å². The van der Waals surface area contributed by atoms with Crippen molar-refractivity contribution in [1.29, 1.82) is 0 Å². The van der Waals surface area contributed by atoms with Gasteiger partial charge in [0.1, 0.15) is 0 Å². The molecule has 1 unspecified atom stereocenters. The highest BCUT2D eigenvalue weighted by Crippen LogP contribution is 2.07. The molecule has 1 aliphatic heterocycles. The lowest BCUT2D eigenvalue weighted by molar-refractivity contribution is -0.141. The molecule has 122 valence electrons. The number of ether oxygens (including phenoxy) is 1. The number of carbonyl (C=O) groups excluding carboxylic acids is 2. The summed E-state index contributed by atoms with van der Waals surface area (Å²) in [5.74, 6) is 0.405. The zero-order chi connectivity index (χ0) is 15.8. The van der Waals surface area contributed by atoms with Crippen LogP contribution < -0.4 is 5.32 Å². The van der Waals surface area contributed by atoms with Crippen molar-refractivity contribution in [3.63, 3.8) is 0 Å². The van der Waals surface area contributed by atoms with Gasteiger partial charge in [0.25, 0.3) is 0 Å². The predicted octanol–water partition coefficient (Wildman–Crippen LogP) is 0.328. The van der Waals surface area contributed by atoms with Crippen molar-refractivity contribution in [3.8, 4) is 0 Å². The van der Waals surface area contributed by atoms with Crippen LogP contribution in [0.3, 0.4) is 0 Å². The second kappa shape index (κ2) is 9.00. The number of hydrogen-bond acceptors (Lipinski definition) is 5. The average molecular weight is 299 g/mol. The first-order chi connectivity index (χ1) is 9.93. The Morgan fingerprint density at radius 1 is 1.14 bits per heavy atom. The fourth-order valence-corrected chi connectivity index (χ4v) is 2.34. The molecule has 0 aliphatic carbocycles. The van der Waals surface area contributed by atoms with Gasteiger partial charge >= 0.3 is 5.97 Å². The van der Waals surface area contributed by atoms with Crippen molar-refractivity contribution in [2.75, 3.05) is 46.4 Å². The van der Waals surface area contributed by atoms with E-state index in [1.807, 2.05) is 6.92 Å².